The molecule has 0 unspecified atom stereocenters. The first kappa shape index (κ1) is 24.5. The Bertz CT molecular complexity index is 651. The molecule has 1 saturated carbocycles. The maximum atomic E-state index is 12.6. The second-order valence-corrected chi connectivity index (χ2v) is 7.37. The van der Waals surface area contributed by atoms with Gasteiger partial charge in [-0.2, -0.15) is 0 Å². The minimum atomic E-state index is 0. The van der Waals surface area contributed by atoms with Crippen molar-refractivity contribution in [2.45, 2.75) is 32.7 Å². The lowest BCUT2D eigenvalue weighted by Crippen LogP contribution is -2.48. The normalized spacial score (nSPS) is 21.5. The molecule has 1 aliphatic carbocycles. The molecular weight excluding hydrogens is 399 g/mol. The molecule has 6 nitrogen and oxygen atoms in total. The van der Waals surface area contributed by atoms with Gasteiger partial charge in [-0.3, -0.25) is 9.59 Å². The molecule has 0 radical (unpaired) electrons. The fraction of sp³-hybridized carbons (Fsp3) is 0.600. The van der Waals surface area contributed by atoms with Crippen LogP contribution in [0.3, 0.4) is 0 Å². The number of hydrogen-bond acceptors (Lipinski definition) is 4. The third-order valence-corrected chi connectivity index (χ3v) is 5.81. The van der Waals surface area contributed by atoms with Gasteiger partial charge in [0.15, 0.2) is 0 Å². The standard InChI is InChI=1S/C20H30N4O2.2ClH/c1-15(25)23-9-11-24(12-10-23)19-8-3-2-5-17(19)14-22-20(26)18-7-4-6-16(18)13-21;;/h2-3,5,8,16,18H,4,6-7,9-14,21H2,1H3,(H,22,26);2*1H/t16-,18-;;/m1../s1. The molecule has 2 atom stereocenters. The largest absolute Gasteiger partial charge is 0.368 e. The highest BCUT2D eigenvalue weighted by Gasteiger charge is 2.31. The van der Waals surface area contributed by atoms with E-state index in [4.69, 9.17) is 5.73 Å². The molecular formula is C20H32Cl2N4O2. The Morgan fingerprint density at radius 3 is 2.43 bits per heavy atom. The van der Waals surface area contributed by atoms with Crippen LogP contribution in [0, 0.1) is 11.8 Å². The monoisotopic (exact) mass is 430 g/mol. The van der Waals surface area contributed by atoms with E-state index in [1.165, 1.54) is 0 Å². The zero-order valence-electron chi connectivity index (χ0n) is 16.4. The van der Waals surface area contributed by atoms with E-state index in [1.807, 2.05) is 17.0 Å². The number of piperazine rings is 1. The van der Waals surface area contributed by atoms with Crippen molar-refractivity contribution in [3.63, 3.8) is 0 Å². The van der Waals surface area contributed by atoms with Crippen molar-refractivity contribution in [1.82, 2.24) is 10.2 Å². The number of nitrogens with two attached hydrogens (primary N) is 1. The summed E-state index contributed by atoms with van der Waals surface area (Å²) in [5, 5.41) is 3.13. The zero-order valence-corrected chi connectivity index (χ0v) is 18.1. The minimum absolute atomic E-state index is 0. The van der Waals surface area contributed by atoms with Gasteiger partial charge in [-0.15, -0.1) is 24.8 Å². The van der Waals surface area contributed by atoms with Gasteiger partial charge in [-0.25, -0.2) is 0 Å². The number of nitrogens with one attached hydrogen (secondary N) is 1. The Kier molecular flexibility index (Phi) is 10.1. The number of para-hydroxylation sites is 1. The molecule has 1 aliphatic heterocycles. The molecule has 2 fully saturated rings. The van der Waals surface area contributed by atoms with Crippen LogP contribution in [-0.4, -0.2) is 49.4 Å². The lowest BCUT2D eigenvalue weighted by molar-refractivity contribution is -0.129. The van der Waals surface area contributed by atoms with Crippen LogP contribution >= 0.6 is 24.8 Å². The average molecular weight is 431 g/mol. The van der Waals surface area contributed by atoms with Crippen molar-refractivity contribution in [2.75, 3.05) is 37.6 Å². The van der Waals surface area contributed by atoms with E-state index in [0.717, 1.165) is 56.7 Å². The number of rotatable bonds is 5. The predicted octanol–water partition coefficient (Wildman–Crippen LogP) is 2.19. The smallest absolute Gasteiger partial charge is 0.223 e. The first-order valence-corrected chi connectivity index (χ1v) is 9.66. The van der Waals surface area contributed by atoms with Gasteiger partial charge in [-0.1, -0.05) is 24.6 Å². The Hall–Kier alpha value is -1.50. The van der Waals surface area contributed by atoms with Crippen LogP contribution in [0.4, 0.5) is 5.69 Å². The van der Waals surface area contributed by atoms with Crippen LogP contribution in [0.5, 0.6) is 0 Å². The van der Waals surface area contributed by atoms with Gasteiger partial charge in [0.25, 0.3) is 0 Å². The van der Waals surface area contributed by atoms with E-state index < -0.39 is 0 Å². The average Bonchev–Trinajstić information content (AvgIpc) is 3.15. The van der Waals surface area contributed by atoms with Gasteiger partial charge >= 0.3 is 0 Å². The molecule has 0 spiro atoms. The Morgan fingerprint density at radius 1 is 1.11 bits per heavy atom. The fourth-order valence-corrected chi connectivity index (χ4v) is 4.21. The van der Waals surface area contributed by atoms with Crippen molar-refractivity contribution in [2.24, 2.45) is 17.6 Å². The maximum Gasteiger partial charge on any atom is 0.223 e. The molecule has 0 aromatic heterocycles. The molecule has 2 amide bonds. The molecule has 2 aliphatic rings. The lowest BCUT2D eigenvalue weighted by atomic mass is 9.95. The summed E-state index contributed by atoms with van der Waals surface area (Å²) in [6.45, 7) is 5.89. The number of anilines is 1. The van der Waals surface area contributed by atoms with E-state index >= 15 is 0 Å². The lowest BCUT2D eigenvalue weighted by Gasteiger charge is -2.36. The first-order chi connectivity index (χ1) is 12.6. The van der Waals surface area contributed by atoms with Crippen molar-refractivity contribution in [3.8, 4) is 0 Å². The van der Waals surface area contributed by atoms with Crippen LogP contribution < -0.4 is 16.0 Å². The Labute approximate surface area is 180 Å². The SMILES string of the molecule is CC(=O)N1CCN(c2ccccc2CNC(=O)[C@@H]2CCC[C@@H]2CN)CC1.Cl.Cl. The summed E-state index contributed by atoms with van der Waals surface area (Å²) in [4.78, 5) is 28.3. The summed E-state index contributed by atoms with van der Waals surface area (Å²) >= 11 is 0. The van der Waals surface area contributed by atoms with Gasteiger partial charge < -0.3 is 20.9 Å². The summed E-state index contributed by atoms with van der Waals surface area (Å²) in [7, 11) is 0. The third kappa shape index (κ3) is 5.75. The van der Waals surface area contributed by atoms with E-state index in [1.54, 1.807) is 6.92 Å². The fourth-order valence-electron chi connectivity index (χ4n) is 4.21. The van der Waals surface area contributed by atoms with Crippen LogP contribution in [-0.2, 0) is 16.1 Å². The molecule has 1 saturated heterocycles. The highest BCUT2D eigenvalue weighted by Crippen LogP contribution is 2.31. The summed E-state index contributed by atoms with van der Waals surface area (Å²) < 4.78 is 0. The number of nitrogens with zero attached hydrogens (tertiary/aromatic N) is 2. The molecule has 1 heterocycles. The number of carbonyl (C=O) groups excluding carboxylic acids is 2. The number of hydrogen-bond donors (Lipinski definition) is 2. The van der Waals surface area contributed by atoms with E-state index in [9.17, 15) is 9.59 Å². The molecule has 0 bridgehead atoms. The molecule has 28 heavy (non-hydrogen) atoms. The molecule has 8 heteroatoms. The molecule has 3 rings (SSSR count). The van der Waals surface area contributed by atoms with Crippen molar-refractivity contribution in [1.29, 1.82) is 0 Å². The van der Waals surface area contributed by atoms with Crippen molar-refractivity contribution >= 4 is 42.3 Å². The summed E-state index contributed by atoms with van der Waals surface area (Å²) in [6, 6.07) is 8.21. The Morgan fingerprint density at radius 2 is 1.79 bits per heavy atom. The van der Waals surface area contributed by atoms with Gasteiger partial charge in [0.05, 0.1) is 0 Å². The summed E-state index contributed by atoms with van der Waals surface area (Å²) in [5.41, 5.74) is 8.08. The van der Waals surface area contributed by atoms with E-state index in [0.29, 0.717) is 19.0 Å². The predicted molar refractivity (Wildman–Crippen MR) is 117 cm³/mol. The first-order valence-electron chi connectivity index (χ1n) is 9.66. The highest BCUT2D eigenvalue weighted by molar-refractivity contribution is 5.85. The second-order valence-electron chi connectivity index (χ2n) is 7.37. The van der Waals surface area contributed by atoms with Crippen molar-refractivity contribution in [3.05, 3.63) is 29.8 Å². The van der Waals surface area contributed by atoms with Crippen LogP contribution in [0.15, 0.2) is 24.3 Å². The highest BCUT2D eigenvalue weighted by atomic mass is 35.5. The summed E-state index contributed by atoms with van der Waals surface area (Å²) in [5.74, 6) is 0.654. The Balaban J connectivity index is 0.00000196. The van der Waals surface area contributed by atoms with Gasteiger partial charge in [-0.05, 0) is 36.9 Å². The molecule has 158 valence electrons. The van der Waals surface area contributed by atoms with Crippen molar-refractivity contribution < 1.29 is 9.59 Å². The second kappa shape index (κ2) is 11.5. The third-order valence-electron chi connectivity index (χ3n) is 5.81. The summed E-state index contributed by atoms with van der Waals surface area (Å²) in [6.07, 6.45) is 3.10. The van der Waals surface area contributed by atoms with E-state index in [2.05, 4.69) is 22.3 Å². The quantitative estimate of drug-likeness (QED) is 0.749. The maximum absolute atomic E-state index is 12.6. The minimum Gasteiger partial charge on any atom is -0.368 e. The van der Waals surface area contributed by atoms with Crippen LogP contribution in [0.1, 0.15) is 31.7 Å². The zero-order chi connectivity index (χ0) is 18.5. The molecule has 1 aromatic rings. The van der Waals surface area contributed by atoms with Crippen LogP contribution in [0.2, 0.25) is 0 Å². The van der Waals surface area contributed by atoms with E-state index in [-0.39, 0.29) is 42.5 Å². The number of carbonyl (C=O) groups is 2. The van der Waals surface area contributed by atoms with Crippen LogP contribution in [0.25, 0.3) is 0 Å². The molecule has 1 aromatic carbocycles. The topological polar surface area (TPSA) is 78.7 Å². The van der Waals surface area contributed by atoms with Gasteiger partial charge in [0.1, 0.15) is 0 Å². The number of amides is 2. The van der Waals surface area contributed by atoms with Gasteiger partial charge in [0.2, 0.25) is 11.8 Å². The molecule has 3 N–H and O–H groups in total. The number of halogens is 2. The number of benzene rings is 1. The van der Waals surface area contributed by atoms with Gasteiger partial charge in [0, 0.05) is 51.3 Å².